The van der Waals surface area contributed by atoms with E-state index in [0.717, 1.165) is 31.4 Å². The summed E-state index contributed by atoms with van der Waals surface area (Å²) in [5.41, 5.74) is 0.374. The van der Waals surface area contributed by atoms with Crippen molar-refractivity contribution in [3.05, 3.63) is 54.6 Å². The molecule has 1 aromatic heterocycles. The van der Waals surface area contributed by atoms with Gasteiger partial charge in [-0.1, -0.05) is 30.3 Å². The minimum absolute atomic E-state index is 0.272. The third-order valence-electron chi connectivity index (χ3n) is 4.05. The summed E-state index contributed by atoms with van der Waals surface area (Å²) in [5, 5.41) is 11.0. The smallest absolute Gasteiger partial charge is 0.0946 e. The molecule has 2 aromatic rings. The van der Waals surface area contributed by atoms with Crippen LogP contribution in [-0.4, -0.2) is 14.7 Å². The van der Waals surface area contributed by atoms with Crippen LogP contribution in [0, 0.1) is 5.92 Å². The second kappa shape index (κ2) is 4.58. The minimum atomic E-state index is -0.675. The van der Waals surface area contributed by atoms with Crippen molar-refractivity contribution in [1.29, 1.82) is 0 Å². The second-order valence-electron chi connectivity index (χ2n) is 5.14. The van der Waals surface area contributed by atoms with E-state index in [1.807, 2.05) is 42.9 Å². The molecule has 0 amide bonds. The molecule has 3 heteroatoms. The van der Waals surface area contributed by atoms with Gasteiger partial charge >= 0.3 is 0 Å². The monoisotopic (exact) mass is 242 g/mol. The van der Waals surface area contributed by atoms with E-state index < -0.39 is 5.60 Å². The number of imidazole rings is 1. The first-order chi connectivity index (χ1) is 8.79. The molecule has 0 aliphatic heterocycles. The zero-order chi connectivity index (χ0) is 12.4. The summed E-state index contributed by atoms with van der Waals surface area (Å²) < 4.78 is 2.06. The normalized spacial score (nSPS) is 27.5. The lowest BCUT2D eigenvalue weighted by molar-refractivity contribution is -0.00892. The molecule has 1 aliphatic rings. The number of hydrogen-bond acceptors (Lipinski definition) is 2. The fraction of sp³-hybridized carbons (Fsp3) is 0.400. The average Bonchev–Trinajstić information content (AvgIpc) is 3.03. The first-order valence-electron chi connectivity index (χ1n) is 6.53. The molecule has 1 fully saturated rings. The maximum absolute atomic E-state index is 11.0. The lowest BCUT2D eigenvalue weighted by Gasteiger charge is -2.31. The van der Waals surface area contributed by atoms with Gasteiger partial charge in [-0.25, -0.2) is 4.98 Å². The predicted molar refractivity (Wildman–Crippen MR) is 69.9 cm³/mol. The fourth-order valence-corrected chi connectivity index (χ4v) is 3.06. The van der Waals surface area contributed by atoms with Crippen LogP contribution in [-0.2, 0) is 12.1 Å². The Morgan fingerprint density at radius 3 is 2.89 bits per heavy atom. The first-order valence-corrected chi connectivity index (χ1v) is 6.53. The van der Waals surface area contributed by atoms with Crippen LogP contribution in [0.4, 0.5) is 0 Å². The largest absolute Gasteiger partial charge is 0.385 e. The number of hydrogen-bond donors (Lipinski definition) is 1. The zero-order valence-electron chi connectivity index (χ0n) is 10.4. The molecule has 1 aliphatic carbocycles. The maximum Gasteiger partial charge on any atom is 0.0946 e. The van der Waals surface area contributed by atoms with Gasteiger partial charge in [0.05, 0.1) is 11.9 Å². The van der Waals surface area contributed by atoms with E-state index in [1.165, 1.54) is 0 Å². The van der Waals surface area contributed by atoms with Gasteiger partial charge in [0.25, 0.3) is 0 Å². The third-order valence-corrected chi connectivity index (χ3v) is 4.05. The van der Waals surface area contributed by atoms with Gasteiger partial charge in [-0.3, -0.25) is 0 Å². The summed E-state index contributed by atoms with van der Waals surface area (Å²) in [7, 11) is 0. The molecule has 0 spiro atoms. The van der Waals surface area contributed by atoms with Crippen LogP contribution in [0.5, 0.6) is 0 Å². The van der Waals surface area contributed by atoms with Crippen molar-refractivity contribution in [3.8, 4) is 0 Å². The number of aliphatic hydroxyl groups is 1. The molecule has 3 nitrogen and oxygen atoms in total. The molecule has 0 bridgehead atoms. The van der Waals surface area contributed by atoms with Crippen LogP contribution < -0.4 is 0 Å². The van der Waals surface area contributed by atoms with Crippen LogP contribution >= 0.6 is 0 Å². The highest BCUT2D eigenvalue weighted by molar-refractivity contribution is 5.24. The number of rotatable bonds is 3. The van der Waals surface area contributed by atoms with Gasteiger partial charge < -0.3 is 9.67 Å². The van der Waals surface area contributed by atoms with Gasteiger partial charge in [0.15, 0.2) is 0 Å². The van der Waals surface area contributed by atoms with E-state index in [1.54, 1.807) is 6.20 Å². The van der Waals surface area contributed by atoms with Crippen LogP contribution in [0.15, 0.2) is 49.1 Å². The van der Waals surface area contributed by atoms with Gasteiger partial charge in [0.2, 0.25) is 0 Å². The highest BCUT2D eigenvalue weighted by Crippen LogP contribution is 2.44. The molecule has 0 unspecified atom stereocenters. The quantitative estimate of drug-likeness (QED) is 0.898. The molecule has 1 saturated carbocycles. The molecule has 0 radical (unpaired) electrons. The van der Waals surface area contributed by atoms with Gasteiger partial charge in [-0.2, -0.15) is 0 Å². The summed E-state index contributed by atoms with van der Waals surface area (Å²) in [6, 6.07) is 10.1. The molecule has 94 valence electrons. The average molecular weight is 242 g/mol. The number of benzene rings is 1. The molecule has 2 atom stereocenters. The number of aromatic nitrogens is 2. The van der Waals surface area contributed by atoms with E-state index in [4.69, 9.17) is 0 Å². The topological polar surface area (TPSA) is 38.0 Å². The lowest BCUT2D eigenvalue weighted by atomic mass is 9.84. The fourth-order valence-electron chi connectivity index (χ4n) is 3.06. The molecule has 1 N–H and O–H groups in total. The van der Waals surface area contributed by atoms with E-state index in [0.29, 0.717) is 0 Å². The van der Waals surface area contributed by atoms with Gasteiger partial charge in [0, 0.05) is 24.9 Å². The zero-order valence-corrected chi connectivity index (χ0v) is 10.4. The summed E-state index contributed by atoms with van der Waals surface area (Å²) in [6.45, 7) is 0.839. The van der Waals surface area contributed by atoms with Crippen molar-refractivity contribution in [2.75, 3.05) is 0 Å². The van der Waals surface area contributed by atoms with E-state index in [-0.39, 0.29) is 5.92 Å². The van der Waals surface area contributed by atoms with Crippen molar-refractivity contribution in [2.24, 2.45) is 5.92 Å². The van der Waals surface area contributed by atoms with E-state index >= 15 is 0 Å². The van der Waals surface area contributed by atoms with Crippen molar-refractivity contribution < 1.29 is 5.11 Å². The maximum atomic E-state index is 11.0. The van der Waals surface area contributed by atoms with Crippen LogP contribution in [0.1, 0.15) is 24.8 Å². The number of nitrogens with zero attached hydrogens (tertiary/aromatic N) is 2. The second-order valence-corrected chi connectivity index (χ2v) is 5.14. The molecule has 0 saturated heterocycles. The minimum Gasteiger partial charge on any atom is -0.385 e. The summed E-state index contributed by atoms with van der Waals surface area (Å²) >= 11 is 0. The van der Waals surface area contributed by atoms with Gasteiger partial charge in [-0.05, 0) is 24.8 Å². The molecule has 18 heavy (non-hydrogen) atoms. The SMILES string of the molecule is O[C@@]1(c2ccccc2)CCC[C@H]1Cn1ccnc1. The van der Waals surface area contributed by atoms with E-state index in [9.17, 15) is 5.11 Å². The Hall–Kier alpha value is -1.61. The van der Waals surface area contributed by atoms with Gasteiger partial charge in [-0.15, -0.1) is 0 Å². The van der Waals surface area contributed by atoms with Crippen molar-refractivity contribution in [1.82, 2.24) is 9.55 Å². The molecule has 1 heterocycles. The Balaban J connectivity index is 1.86. The van der Waals surface area contributed by atoms with Gasteiger partial charge in [0.1, 0.15) is 0 Å². The summed E-state index contributed by atoms with van der Waals surface area (Å²) in [6.07, 6.45) is 8.59. The standard InChI is InChI=1S/C15H18N2O/c18-15(13-5-2-1-3-6-13)8-4-7-14(15)11-17-10-9-16-12-17/h1-3,5-6,9-10,12,14,18H,4,7-8,11H2/t14-,15+/m0/s1. The molecular formula is C15H18N2O. The third kappa shape index (κ3) is 1.95. The highest BCUT2D eigenvalue weighted by atomic mass is 16.3. The Bertz CT molecular complexity index is 494. The lowest BCUT2D eigenvalue weighted by Crippen LogP contribution is -2.32. The van der Waals surface area contributed by atoms with Crippen molar-refractivity contribution in [3.63, 3.8) is 0 Å². The molecule has 1 aromatic carbocycles. The molecular weight excluding hydrogens is 224 g/mol. The van der Waals surface area contributed by atoms with Crippen molar-refractivity contribution in [2.45, 2.75) is 31.4 Å². The van der Waals surface area contributed by atoms with Crippen LogP contribution in [0.3, 0.4) is 0 Å². The predicted octanol–water partition coefficient (Wildman–Crippen LogP) is 2.57. The van der Waals surface area contributed by atoms with Crippen LogP contribution in [0.2, 0.25) is 0 Å². The first kappa shape index (κ1) is 11.5. The summed E-state index contributed by atoms with van der Waals surface area (Å²) in [4.78, 5) is 4.07. The van der Waals surface area contributed by atoms with E-state index in [2.05, 4.69) is 9.55 Å². The molecule has 3 rings (SSSR count). The Morgan fingerprint density at radius 1 is 1.33 bits per heavy atom. The van der Waals surface area contributed by atoms with Crippen molar-refractivity contribution >= 4 is 0 Å². The summed E-state index contributed by atoms with van der Waals surface area (Å²) in [5.74, 6) is 0.272. The Morgan fingerprint density at radius 2 is 2.17 bits per heavy atom. The van der Waals surface area contributed by atoms with Crippen LogP contribution in [0.25, 0.3) is 0 Å². The highest BCUT2D eigenvalue weighted by Gasteiger charge is 2.42. The Kier molecular flexibility index (Phi) is 2.92. The Labute approximate surface area is 107 Å².